The van der Waals surface area contributed by atoms with Crippen molar-refractivity contribution in [2.75, 3.05) is 7.11 Å². The fourth-order valence-electron chi connectivity index (χ4n) is 1.41. The molecule has 0 unspecified atom stereocenters. The highest BCUT2D eigenvalue weighted by atomic mass is 127. The Morgan fingerprint density at radius 2 is 2.12 bits per heavy atom. The van der Waals surface area contributed by atoms with Crippen LogP contribution in [-0.4, -0.2) is 18.2 Å². The number of ether oxygens (including phenoxy) is 1. The van der Waals surface area contributed by atoms with Gasteiger partial charge in [-0.3, -0.25) is 4.79 Å². The number of hydrogen-bond acceptors (Lipinski definition) is 2. The topological polar surface area (TPSA) is 46.5 Å². The number of carboxylic acid groups (broad SMARTS) is 1. The molecule has 4 heteroatoms. The van der Waals surface area contributed by atoms with Crippen molar-refractivity contribution >= 4 is 28.6 Å². The summed E-state index contributed by atoms with van der Waals surface area (Å²) < 4.78 is 6.15. The summed E-state index contributed by atoms with van der Waals surface area (Å²) >= 11 is 2.18. The van der Waals surface area contributed by atoms with Gasteiger partial charge in [0.1, 0.15) is 5.75 Å². The summed E-state index contributed by atoms with van der Waals surface area (Å²) in [5.74, 6) is 0.0378. The lowest BCUT2D eigenvalue weighted by Gasteiger charge is -2.19. The van der Waals surface area contributed by atoms with Crippen molar-refractivity contribution in [1.82, 2.24) is 0 Å². The maximum absolute atomic E-state index is 11.0. The molecule has 88 valence electrons. The van der Waals surface area contributed by atoms with Crippen molar-refractivity contribution in [3.8, 4) is 5.75 Å². The predicted molar refractivity (Wildman–Crippen MR) is 70.8 cm³/mol. The van der Waals surface area contributed by atoms with E-state index in [-0.39, 0.29) is 0 Å². The average molecular weight is 334 g/mol. The van der Waals surface area contributed by atoms with Gasteiger partial charge in [-0.2, -0.15) is 0 Å². The van der Waals surface area contributed by atoms with Crippen LogP contribution >= 0.6 is 22.6 Å². The number of hydrogen-bond donors (Lipinski definition) is 1. The minimum absolute atomic E-state index is 0.516. The third kappa shape index (κ3) is 3.10. The molecule has 16 heavy (non-hydrogen) atoms. The average Bonchev–Trinajstić information content (AvgIpc) is 2.17. The zero-order valence-electron chi connectivity index (χ0n) is 9.58. The molecule has 0 aromatic heterocycles. The molecule has 0 aliphatic rings. The number of methoxy groups -OCH3 is 1. The van der Waals surface area contributed by atoms with Crippen LogP contribution in [0.25, 0.3) is 0 Å². The molecule has 0 bridgehead atoms. The number of halogens is 1. The van der Waals surface area contributed by atoms with Gasteiger partial charge in [-0.05, 0) is 60.6 Å². The molecule has 1 aromatic carbocycles. The number of benzene rings is 1. The van der Waals surface area contributed by atoms with Gasteiger partial charge in [0.15, 0.2) is 0 Å². The van der Waals surface area contributed by atoms with E-state index in [4.69, 9.17) is 9.84 Å². The van der Waals surface area contributed by atoms with Crippen molar-refractivity contribution in [2.24, 2.45) is 5.41 Å². The van der Waals surface area contributed by atoms with E-state index in [9.17, 15) is 4.79 Å². The highest BCUT2D eigenvalue weighted by molar-refractivity contribution is 14.1. The van der Waals surface area contributed by atoms with E-state index in [0.29, 0.717) is 6.42 Å². The lowest BCUT2D eigenvalue weighted by molar-refractivity contribution is -0.146. The summed E-state index contributed by atoms with van der Waals surface area (Å²) in [6, 6.07) is 5.74. The number of rotatable bonds is 4. The van der Waals surface area contributed by atoms with E-state index in [1.54, 1.807) is 21.0 Å². The van der Waals surface area contributed by atoms with Crippen molar-refractivity contribution in [3.63, 3.8) is 0 Å². The fraction of sp³-hybridized carbons (Fsp3) is 0.417. The van der Waals surface area contributed by atoms with Crippen molar-refractivity contribution in [3.05, 3.63) is 27.3 Å². The normalized spacial score (nSPS) is 11.2. The Kier molecular flexibility index (Phi) is 4.18. The molecule has 0 radical (unpaired) electrons. The van der Waals surface area contributed by atoms with Gasteiger partial charge in [0.2, 0.25) is 0 Å². The molecule has 0 atom stereocenters. The SMILES string of the molecule is COc1ccc(CC(C)(C)C(=O)O)cc1I. The zero-order valence-corrected chi connectivity index (χ0v) is 11.7. The third-order valence-corrected chi connectivity index (χ3v) is 3.28. The summed E-state index contributed by atoms with van der Waals surface area (Å²) in [5, 5.41) is 9.05. The first kappa shape index (κ1) is 13.3. The van der Waals surface area contributed by atoms with E-state index in [1.165, 1.54) is 0 Å². The number of carboxylic acids is 1. The Balaban J connectivity index is 2.91. The summed E-state index contributed by atoms with van der Waals surface area (Å²) in [7, 11) is 1.62. The minimum Gasteiger partial charge on any atom is -0.496 e. The third-order valence-electron chi connectivity index (χ3n) is 2.44. The van der Waals surface area contributed by atoms with Crippen LogP contribution < -0.4 is 4.74 Å². The van der Waals surface area contributed by atoms with Crippen LogP contribution in [0, 0.1) is 8.99 Å². The number of aliphatic carboxylic acids is 1. The first-order valence-corrected chi connectivity index (χ1v) is 6.00. The van der Waals surface area contributed by atoms with Crippen LogP contribution in [0.5, 0.6) is 5.75 Å². The molecule has 0 saturated carbocycles. The minimum atomic E-state index is -0.779. The van der Waals surface area contributed by atoms with Gasteiger partial charge >= 0.3 is 5.97 Å². The Morgan fingerprint density at radius 3 is 2.56 bits per heavy atom. The van der Waals surface area contributed by atoms with Crippen LogP contribution in [0.15, 0.2) is 18.2 Å². The maximum Gasteiger partial charge on any atom is 0.309 e. The van der Waals surface area contributed by atoms with Gasteiger partial charge in [-0.15, -0.1) is 0 Å². The van der Waals surface area contributed by atoms with E-state index in [0.717, 1.165) is 14.9 Å². The molecule has 0 spiro atoms. The van der Waals surface area contributed by atoms with Crippen LogP contribution in [0.3, 0.4) is 0 Å². The van der Waals surface area contributed by atoms with E-state index in [2.05, 4.69) is 22.6 Å². The summed E-state index contributed by atoms with van der Waals surface area (Å²) in [5.41, 5.74) is 0.273. The largest absolute Gasteiger partial charge is 0.496 e. The summed E-state index contributed by atoms with van der Waals surface area (Å²) in [4.78, 5) is 11.0. The van der Waals surface area contributed by atoms with Gasteiger partial charge in [0.05, 0.1) is 16.1 Å². The Bertz CT molecular complexity index is 399. The van der Waals surface area contributed by atoms with E-state index in [1.807, 2.05) is 18.2 Å². The smallest absolute Gasteiger partial charge is 0.309 e. The maximum atomic E-state index is 11.0. The second kappa shape index (κ2) is 5.03. The van der Waals surface area contributed by atoms with E-state index < -0.39 is 11.4 Å². The van der Waals surface area contributed by atoms with Crippen LogP contribution in [0.1, 0.15) is 19.4 Å². The molecule has 0 heterocycles. The second-order valence-electron chi connectivity index (χ2n) is 4.33. The first-order chi connectivity index (χ1) is 7.36. The lowest BCUT2D eigenvalue weighted by Crippen LogP contribution is -2.26. The summed E-state index contributed by atoms with van der Waals surface area (Å²) in [6.07, 6.45) is 0.516. The molecule has 0 amide bonds. The number of carbonyl (C=O) groups is 1. The molecule has 0 aliphatic carbocycles. The van der Waals surface area contributed by atoms with Crippen LogP contribution in [0.2, 0.25) is 0 Å². The Hall–Kier alpha value is -0.780. The molecule has 3 nitrogen and oxygen atoms in total. The molecule has 0 aliphatic heterocycles. The molecule has 0 saturated heterocycles. The quantitative estimate of drug-likeness (QED) is 0.862. The second-order valence-corrected chi connectivity index (χ2v) is 5.50. The Labute approximate surface area is 109 Å². The fourth-order valence-corrected chi connectivity index (χ4v) is 2.21. The molecule has 1 rings (SSSR count). The van der Waals surface area contributed by atoms with Gasteiger partial charge < -0.3 is 9.84 Å². The highest BCUT2D eigenvalue weighted by Crippen LogP contribution is 2.26. The van der Waals surface area contributed by atoms with Crippen molar-refractivity contribution < 1.29 is 14.6 Å². The van der Waals surface area contributed by atoms with E-state index >= 15 is 0 Å². The predicted octanol–water partition coefficient (Wildman–Crippen LogP) is 2.95. The van der Waals surface area contributed by atoms with Crippen LogP contribution in [-0.2, 0) is 11.2 Å². The Morgan fingerprint density at radius 1 is 1.50 bits per heavy atom. The first-order valence-electron chi connectivity index (χ1n) is 4.92. The lowest BCUT2D eigenvalue weighted by atomic mass is 9.86. The summed E-state index contributed by atoms with van der Waals surface area (Å²) in [6.45, 7) is 3.46. The van der Waals surface area contributed by atoms with Crippen molar-refractivity contribution in [1.29, 1.82) is 0 Å². The van der Waals surface area contributed by atoms with Crippen LogP contribution in [0.4, 0.5) is 0 Å². The standard InChI is InChI=1S/C12H15IO3/c1-12(2,11(14)15)7-8-4-5-10(16-3)9(13)6-8/h4-6H,7H2,1-3H3,(H,14,15). The molecule has 0 fully saturated rings. The molecular formula is C12H15IO3. The van der Waals surface area contributed by atoms with Gasteiger partial charge in [0.25, 0.3) is 0 Å². The monoisotopic (exact) mass is 334 g/mol. The molecule has 1 N–H and O–H groups in total. The molecular weight excluding hydrogens is 319 g/mol. The van der Waals surface area contributed by atoms with Gasteiger partial charge in [-0.1, -0.05) is 6.07 Å². The van der Waals surface area contributed by atoms with Gasteiger partial charge in [-0.25, -0.2) is 0 Å². The molecule has 1 aromatic rings. The highest BCUT2D eigenvalue weighted by Gasteiger charge is 2.27. The van der Waals surface area contributed by atoms with Gasteiger partial charge in [0, 0.05) is 0 Å². The van der Waals surface area contributed by atoms with Crippen molar-refractivity contribution in [2.45, 2.75) is 20.3 Å². The zero-order chi connectivity index (χ0) is 12.3.